The summed E-state index contributed by atoms with van der Waals surface area (Å²) < 4.78 is 5.95. The van der Waals surface area contributed by atoms with Crippen molar-refractivity contribution in [3.63, 3.8) is 0 Å². The first kappa shape index (κ1) is 13.0. The molecule has 0 saturated carbocycles. The molecule has 2 atom stereocenters. The van der Waals surface area contributed by atoms with Gasteiger partial charge in [-0.1, -0.05) is 0 Å². The third-order valence-electron chi connectivity index (χ3n) is 4.07. The molecule has 7 heteroatoms. The number of aryl methyl sites for hydroxylation is 1. The number of thiazole rings is 1. The lowest BCUT2D eigenvalue weighted by molar-refractivity contribution is 0.0352. The summed E-state index contributed by atoms with van der Waals surface area (Å²) in [5.74, 6) is 0.944. The second kappa shape index (κ2) is 5.23. The highest BCUT2D eigenvalue weighted by molar-refractivity contribution is 7.13. The van der Waals surface area contributed by atoms with Crippen molar-refractivity contribution in [2.45, 2.75) is 19.1 Å². The smallest absolute Gasteiger partial charge is 0.185 e. The fourth-order valence-electron chi connectivity index (χ4n) is 3.05. The van der Waals surface area contributed by atoms with Gasteiger partial charge in [-0.25, -0.2) is 4.98 Å². The predicted molar refractivity (Wildman–Crippen MR) is 82.0 cm³/mol. The average molecular weight is 303 g/mol. The average Bonchev–Trinajstić information content (AvgIpc) is 3.16. The van der Waals surface area contributed by atoms with Crippen LogP contribution in [0.3, 0.4) is 0 Å². The highest BCUT2D eigenvalue weighted by atomic mass is 32.1. The molecule has 0 aromatic carbocycles. The molecule has 2 aliphatic heterocycles. The molecule has 21 heavy (non-hydrogen) atoms. The number of aromatic nitrogens is 3. The van der Waals surface area contributed by atoms with Crippen LogP contribution in [0.4, 0.5) is 10.9 Å². The fourth-order valence-corrected chi connectivity index (χ4v) is 3.71. The molecule has 6 nitrogen and oxygen atoms in total. The van der Waals surface area contributed by atoms with E-state index in [9.17, 15) is 0 Å². The van der Waals surface area contributed by atoms with Gasteiger partial charge in [-0.15, -0.1) is 16.4 Å². The topological polar surface area (TPSA) is 54.4 Å². The van der Waals surface area contributed by atoms with Crippen LogP contribution < -0.4 is 9.80 Å². The Morgan fingerprint density at radius 1 is 1.29 bits per heavy atom. The van der Waals surface area contributed by atoms with Gasteiger partial charge in [0.15, 0.2) is 10.9 Å². The lowest BCUT2D eigenvalue weighted by Gasteiger charge is -2.37. The molecule has 0 unspecified atom stereocenters. The Labute approximate surface area is 127 Å². The number of rotatable bonds is 2. The van der Waals surface area contributed by atoms with Gasteiger partial charge in [-0.2, -0.15) is 5.10 Å². The third kappa shape index (κ3) is 2.36. The van der Waals surface area contributed by atoms with E-state index in [4.69, 9.17) is 4.74 Å². The van der Waals surface area contributed by atoms with Crippen molar-refractivity contribution in [3.8, 4) is 0 Å². The van der Waals surface area contributed by atoms with Crippen molar-refractivity contribution in [2.24, 2.45) is 0 Å². The molecule has 0 N–H and O–H groups in total. The largest absolute Gasteiger partial charge is 0.372 e. The first-order valence-corrected chi connectivity index (χ1v) is 8.02. The van der Waals surface area contributed by atoms with E-state index < -0.39 is 0 Å². The second-order valence-corrected chi connectivity index (χ2v) is 6.30. The van der Waals surface area contributed by atoms with Crippen LogP contribution in [0.5, 0.6) is 0 Å². The van der Waals surface area contributed by atoms with Gasteiger partial charge in [0.05, 0.1) is 24.4 Å². The molecule has 0 spiro atoms. The monoisotopic (exact) mass is 303 g/mol. The molecule has 0 bridgehead atoms. The number of hydrogen-bond donors (Lipinski definition) is 0. The van der Waals surface area contributed by atoms with E-state index in [2.05, 4.69) is 31.0 Å². The van der Waals surface area contributed by atoms with Crippen LogP contribution in [-0.4, -0.2) is 53.6 Å². The van der Waals surface area contributed by atoms with Crippen molar-refractivity contribution in [2.75, 3.05) is 36.0 Å². The summed E-state index contributed by atoms with van der Waals surface area (Å²) in [6.45, 7) is 5.38. The van der Waals surface area contributed by atoms with E-state index in [0.717, 1.165) is 42.9 Å². The first-order chi connectivity index (χ1) is 10.3. The van der Waals surface area contributed by atoms with Crippen LogP contribution in [0, 0.1) is 6.92 Å². The number of anilines is 2. The van der Waals surface area contributed by atoms with Crippen molar-refractivity contribution in [3.05, 3.63) is 29.4 Å². The van der Waals surface area contributed by atoms with Crippen LogP contribution in [-0.2, 0) is 4.74 Å². The van der Waals surface area contributed by atoms with Gasteiger partial charge in [-0.3, -0.25) is 0 Å². The minimum absolute atomic E-state index is 0.214. The molecule has 110 valence electrons. The molecule has 2 fully saturated rings. The Hall–Kier alpha value is -1.73. The highest BCUT2D eigenvalue weighted by Crippen LogP contribution is 2.30. The maximum absolute atomic E-state index is 5.95. The van der Waals surface area contributed by atoms with E-state index in [-0.39, 0.29) is 6.10 Å². The Morgan fingerprint density at radius 3 is 3.00 bits per heavy atom. The predicted octanol–water partition coefficient (Wildman–Crippen LogP) is 1.34. The summed E-state index contributed by atoms with van der Waals surface area (Å²) in [7, 11) is 0. The molecule has 0 amide bonds. The maximum atomic E-state index is 5.95. The standard InChI is InChI=1S/C14H17N5OS/c1-10-2-3-13(17-16-10)19-5-6-20-12-9-18(8-11(12)19)14-15-4-7-21-14/h2-4,7,11-12H,5-6,8-9H2,1H3/t11-,12+/m0/s1. The lowest BCUT2D eigenvalue weighted by atomic mass is 10.1. The van der Waals surface area contributed by atoms with Gasteiger partial charge in [0.1, 0.15) is 0 Å². The third-order valence-corrected chi connectivity index (χ3v) is 4.90. The van der Waals surface area contributed by atoms with Crippen LogP contribution in [0.15, 0.2) is 23.7 Å². The molecule has 0 aliphatic carbocycles. The number of fused-ring (bicyclic) bond motifs is 1. The van der Waals surface area contributed by atoms with Gasteiger partial charge in [0.25, 0.3) is 0 Å². The second-order valence-electron chi connectivity index (χ2n) is 5.42. The Kier molecular flexibility index (Phi) is 3.23. The molecule has 2 aromatic heterocycles. The highest BCUT2D eigenvalue weighted by Gasteiger charge is 2.41. The van der Waals surface area contributed by atoms with Gasteiger partial charge >= 0.3 is 0 Å². The van der Waals surface area contributed by atoms with E-state index in [1.165, 1.54) is 0 Å². The summed E-state index contributed by atoms with van der Waals surface area (Å²) >= 11 is 1.68. The molecule has 2 saturated heterocycles. The van der Waals surface area contributed by atoms with Crippen LogP contribution in [0.25, 0.3) is 0 Å². The molecular weight excluding hydrogens is 286 g/mol. The van der Waals surface area contributed by atoms with Crippen LogP contribution in [0.1, 0.15) is 5.69 Å². The van der Waals surface area contributed by atoms with E-state index in [1.54, 1.807) is 11.3 Å². The zero-order valence-corrected chi connectivity index (χ0v) is 12.7. The number of morpholine rings is 1. The molecule has 2 aromatic rings. The minimum atomic E-state index is 0.214. The number of nitrogens with zero attached hydrogens (tertiary/aromatic N) is 5. The molecule has 4 heterocycles. The van der Waals surface area contributed by atoms with Crippen molar-refractivity contribution < 1.29 is 4.74 Å². The van der Waals surface area contributed by atoms with Gasteiger partial charge in [-0.05, 0) is 19.1 Å². The molecule has 4 rings (SSSR count). The summed E-state index contributed by atoms with van der Waals surface area (Å²) in [6.07, 6.45) is 2.07. The van der Waals surface area contributed by atoms with Gasteiger partial charge in [0.2, 0.25) is 0 Å². The summed E-state index contributed by atoms with van der Waals surface area (Å²) in [6, 6.07) is 4.39. The Bertz CT molecular complexity index is 602. The van der Waals surface area contributed by atoms with E-state index in [0.29, 0.717) is 6.04 Å². The van der Waals surface area contributed by atoms with Crippen molar-refractivity contribution in [1.82, 2.24) is 15.2 Å². The molecule has 2 aliphatic rings. The van der Waals surface area contributed by atoms with E-state index in [1.807, 2.05) is 24.6 Å². The Balaban J connectivity index is 1.58. The summed E-state index contributed by atoms with van der Waals surface area (Å²) in [5, 5.41) is 11.6. The van der Waals surface area contributed by atoms with Crippen LogP contribution in [0.2, 0.25) is 0 Å². The van der Waals surface area contributed by atoms with Crippen molar-refractivity contribution in [1.29, 1.82) is 0 Å². The number of hydrogen-bond acceptors (Lipinski definition) is 7. The zero-order valence-electron chi connectivity index (χ0n) is 11.8. The van der Waals surface area contributed by atoms with Crippen LogP contribution >= 0.6 is 11.3 Å². The molecular formula is C14H17N5OS. The quantitative estimate of drug-likeness (QED) is 0.834. The minimum Gasteiger partial charge on any atom is -0.372 e. The molecule has 0 radical (unpaired) electrons. The maximum Gasteiger partial charge on any atom is 0.185 e. The fraction of sp³-hybridized carbons (Fsp3) is 0.500. The van der Waals surface area contributed by atoms with Gasteiger partial charge in [0, 0.05) is 31.2 Å². The van der Waals surface area contributed by atoms with Crippen molar-refractivity contribution >= 4 is 22.3 Å². The first-order valence-electron chi connectivity index (χ1n) is 7.14. The summed E-state index contributed by atoms with van der Waals surface area (Å²) in [5.41, 5.74) is 0.944. The summed E-state index contributed by atoms with van der Waals surface area (Å²) in [4.78, 5) is 9.04. The zero-order chi connectivity index (χ0) is 14.2. The SMILES string of the molecule is Cc1ccc(N2CCO[C@@H]3CN(c4nccs4)C[C@@H]32)nn1. The lowest BCUT2D eigenvalue weighted by Crippen LogP contribution is -2.51. The van der Waals surface area contributed by atoms with Gasteiger partial charge < -0.3 is 14.5 Å². The number of ether oxygens (including phenoxy) is 1. The van der Waals surface area contributed by atoms with E-state index >= 15 is 0 Å². The normalized spacial score (nSPS) is 25.2. The Morgan fingerprint density at radius 2 is 2.24 bits per heavy atom.